The Morgan fingerprint density at radius 1 is 1.26 bits per heavy atom. The van der Waals surface area contributed by atoms with Crippen LogP contribution in [0.2, 0.25) is 0 Å². The molecule has 0 aromatic carbocycles. The van der Waals surface area contributed by atoms with Crippen LogP contribution in [0.25, 0.3) is 0 Å². The van der Waals surface area contributed by atoms with Gasteiger partial charge in [0.2, 0.25) is 5.91 Å². The number of hydrogen-bond donors (Lipinski definition) is 13. The number of carbonyl (C=O) groups excluding carboxylic acids is 1. The number of carboxylic acid groups (broad SMARTS) is 1. The number of aliphatic hydroxyl groups is 7. The standard InChI is InChI=1S/C11H20N2O9.C9H14N3O8P/c12-2-6(17)13-7-4(15)1-11(21,10(19)20)22-9(7)8(18)5(16)3-14;10-5-1-2-12(9(15)11-5)8-7(14)6(13)4(20-8)3-19-21(16,17)18/h4-5,7-9,14-16,18,21H,1-3,12H2,(H,13,17)(H,19,20);1-2,4,6-8,13-14H,3H2,(H2,10,11,15)(H2,16,17,18)/t4-,5+,7+,8+,9+,11-;4-,6-,7-,8-/m01/s1. The van der Waals surface area contributed by atoms with Crippen LogP contribution in [0.4, 0.5) is 5.82 Å². The van der Waals surface area contributed by atoms with Crippen molar-refractivity contribution in [1.82, 2.24) is 14.9 Å². The second kappa shape index (κ2) is 14.9. The summed E-state index contributed by atoms with van der Waals surface area (Å²) in [6, 6.07) is -0.0459. The van der Waals surface area contributed by atoms with Gasteiger partial charge in [-0.05, 0) is 6.07 Å². The summed E-state index contributed by atoms with van der Waals surface area (Å²) in [5, 5.41) is 78.7. The lowest BCUT2D eigenvalue weighted by molar-refractivity contribution is -0.295. The molecule has 2 fully saturated rings. The van der Waals surface area contributed by atoms with Crippen molar-refractivity contribution in [3.8, 4) is 0 Å². The molecule has 2 aliphatic rings. The lowest BCUT2D eigenvalue weighted by atomic mass is 9.88. The molecule has 0 saturated carbocycles. The van der Waals surface area contributed by atoms with E-state index in [1.165, 1.54) is 12.3 Å². The Hall–Kier alpha value is -2.67. The largest absolute Gasteiger partial charge is 0.477 e. The van der Waals surface area contributed by atoms with Crippen LogP contribution in [-0.4, -0.2) is 146 Å². The minimum Gasteiger partial charge on any atom is -0.477 e. The monoisotopic (exact) mass is 647 g/mol. The number of aromatic nitrogens is 2. The summed E-state index contributed by atoms with van der Waals surface area (Å²) in [5.41, 5.74) is 9.64. The molecular weight excluding hydrogens is 613 g/mol. The third kappa shape index (κ3) is 9.41. The van der Waals surface area contributed by atoms with Crippen molar-refractivity contribution in [3.63, 3.8) is 0 Å². The molecule has 3 heterocycles. The average molecular weight is 647 g/mol. The lowest BCUT2D eigenvalue weighted by Gasteiger charge is -2.44. The van der Waals surface area contributed by atoms with E-state index in [9.17, 15) is 49.6 Å². The lowest BCUT2D eigenvalue weighted by Crippen LogP contribution is -2.67. The first-order valence-corrected chi connectivity index (χ1v) is 13.7. The fourth-order valence-corrected chi connectivity index (χ4v) is 4.37. The number of hydrogen-bond acceptors (Lipinski definition) is 17. The van der Waals surface area contributed by atoms with Crippen LogP contribution >= 0.6 is 7.82 Å². The summed E-state index contributed by atoms with van der Waals surface area (Å²) in [6.45, 7) is -1.99. The van der Waals surface area contributed by atoms with Gasteiger partial charge in [-0.3, -0.25) is 13.9 Å². The maximum Gasteiger partial charge on any atom is 0.469 e. The summed E-state index contributed by atoms with van der Waals surface area (Å²) >= 11 is 0. The van der Waals surface area contributed by atoms with Crippen molar-refractivity contribution in [2.45, 2.75) is 67.2 Å². The van der Waals surface area contributed by atoms with Crippen LogP contribution in [0.15, 0.2) is 17.1 Å². The molecule has 3 rings (SSSR count). The maximum absolute atomic E-state index is 11.6. The molecule has 1 aromatic rings. The number of aliphatic hydroxyl groups excluding tert-OH is 6. The van der Waals surface area contributed by atoms with Crippen molar-refractivity contribution < 1.29 is 78.8 Å². The van der Waals surface area contributed by atoms with Crippen molar-refractivity contribution in [2.75, 3.05) is 25.5 Å². The Morgan fingerprint density at radius 3 is 2.40 bits per heavy atom. The van der Waals surface area contributed by atoms with E-state index in [-0.39, 0.29) is 5.82 Å². The van der Waals surface area contributed by atoms with Gasteiger partial charge in [0.25, 0.3) is 5.79 Å². The van der Waals surface area contributed by atoms with Gasteiger partial charge in [0.05, 0.1) is 31.9 Å². The molecule has 0 radical (unpaired) electrons. The van der Waals surface area contributed by atoms with E-state index >= 15 is 0 Å². The normalized spacial score (nSPS) is 32.3. The molecule has 43 heavy (non-hydrogen) atoms. The van der Waals surface area contributed by atoms with E-state index in [0.717, 1.165) is 4.57 Å². The van der Waals surface area contributed by atoms with E-state index in [0.29, 0.717) is 0 Å². The Morgan fingerprint density at radius 2 is 1.88 bits per heavy atom. The number of phosphoric ester groups is 1. The van der Waals surface area contributed by atoms with Crippen molar-refractivity contribution >= 4 is 25.5 Å². The number of nitrogens with two attached hydrogens (primary N) is 2. The zero-order valence-electron chi connectivity index (χ0n) is 22.0. The van der Waals surface area contributed by atoms with Gasteiger partial charge in [-0.2, -0.15) is 4.98 Å². The minimum atomic E-state index is -4.74. The predicted octanol–water partition coefficient (Wildman–Crippen LogP) is -7.38. The molecule has 1 aromatic heterocycles. The first-order chi connectivity index (χ1) is 19.8. The predicted molar refractivity (Wildman–Crippen MR) is 135 cm³/mol. The molecule has 2 saturated heterocycles. The van der Waals surface area contributed by atoms with Crippen LogP contribution in [0.1, 0.15) is 12.6 Å². The summed E-state index contributed by atoms with van der Waals surface area (Å²) in [6.07, 6.45) is -12.0. The molecular formula is C20H34N5O17P. The molecule has 23 heteroatoms. The molecule has 0 spiro atoms. The first kappa shape index (κ1) is 36.5. The number of aliphatic carboxylic acids is 1. The number of nitrogens with one attached hydrogen (secondary N) is 1. The van der Waals surface area contributed by atoms with Gasteiger partial charge in [-0.15, -0.1) is 0 Å². The van der Waals surface area contributed by atoms with E-state index < -0.39 is 112 Å². The molecule has 2 aliphatic heterocycles. The quantitative estimate of drug-likeness (QED) is 0.105. The van der Waals surface area contributed by atoms with Gasteiger partial charge in [0, 0.05) is 12.6 Å². The highest BCUT2D eigenvalue weighted by Gasteiger charge is 2.54. The van der Waals surface area contributed by atoms with E-state index in [1.54, 1.807) is 0 Å². The van der Waals surface area contributed by atoms with Gasteiger partial charge in [-0.25, -0.2) is 14.2 Å². The second-order valence-electron chi connectivity index (χ2n) is 9.36. The van der Waals surface area contributed by atoms with Crippen LogP contribution in [-0.2, 0) is 28.2 Å². The molecule has 0 aliphatic carbocycles. The van der Waals surface area contributed by atoms with Crippen molar-refractivity contribution in [3.05, 3.63) is 22.7 Å². The molecule has 1 amide bonds. The van der Waals surface area contributed by atoms with Crippen LogP contribution in [0.3, 0.4) is 0 Å². The zero-order valence-corrected chi connectivity index (χ0v) is 22.9. The fraction of sp³-hybridized carbons (Fsp3) is 0.700. The number of phosphoric acid groups is 1. The number of amides is 1. The fourth-order valence-electron chi connectivity index (χ4n) is 4.03. The Balaban J connectivity index is 0.000000300. The van der Waals surface area contributed by atoms with Gasteiger partial charge in [0.1, 0.15) is 42.4 Å². The van der Waals surface area contributed by atoms with Crippen LogP contribution in [0, 0.1) is 0 Å². The van der Waals surface area contributed by atoms with Crippen LogP contribution < -0.4 is 22.5 Å². The Labute approximate surface area is 240 Å². The summed E-state index contributed by atoms with van der Waals surface area (Å²) in [7, 11) is -4.74. The number of nitrogens with zero attached hydrogens (tertiary/aromatic N) is 2. The van der Waals surface area contributed by atoms with Crippen molar-refractivity contribution in [2.24, 2.45) is 5.73 Å². The number of anilines is 1. The molecule has 10 atom stereocenters. The third-order valence-electron chi connectivity index (χ3n) is 6.22. The molecule has 15 N–H and O–H groups in total. The molecule has 246 valence electrons. The van der Waals surface area contributed by atoms with Gasteiger partial charge >= 0.3 is 19.5 Å². The highest BCUT2D eigenvalue weighted by Crippen LogP contribution is 2.38. The first-order valence-electron chi connectivity index (χ1n) is 12.2. The molecule has 0 bridgehead atoms. The number of rotatable bonds is 10. The van der Waals surface area contributed by atoms with E-state index in [4.69, 9.17) is 40.9 Å². The second-order valence-corrected chi connectivity index (χ2v) is 10.6. The van der Waals surface area contributed by atoms with Crippen LogP contribution in [0.5, 0.6) is 0 Å². The summed E-state index contributed by atoms with van der Waals surface area (Å²) < 4.78 is 25.8. The number of carboxylic acids is 1. The minimum absolute atomic E-state index is 0.0225. The number of carbonyl (C=O) groups is 2. The van der Waals surface area contributed by atoms with Gasteiger partial charge in [0.15, 0.2) is 6.23 Å². The Bertz CT molecular complexity index is 1220. The Kier molecular flexibility index (Phi) is 12.6. The SMILES string of the molecule is NCC(=O)N[C@H]1[C@H]([C@H](O)[C@H](O)CO)O[C@](O)(C(=O)O)C[C@@H]1O.Nc1ccn([C@@H]2O[C@H](COP(=O)(O)O)[C@@H](O)[C@H]2O)c(=O)n1. The van der Waals surface area contributed by atoms with E-state index in [1.807, 2.05) is 0 Å². The maximum atomic E-state index is 11.6. The highest BCUT2D eigenvalue weighted by atomic mass is 31.2. The van der Waals surface area contributed by atoms with E-state index in [2.05, 4.69) is 14.8 Å². The summed E-state index contributed by atoms with van der Waals surface area (Å²) in [5.74, 6) is -5.38. The summed E-state index contributed by atoms with van der Waals surface area (Å²) in [4.78, 5) is 54.7. The topological polar surface area (TPSA) is 380 Å². The highest BCUT2D eigenvalue weighted by molar-refractivity contribution is 7.46. The van der Waals surface area contributed by atoms with Gasteiger partial charge in [-0.1, -0.05) is 0 Å². The smallest absolute Gasteiger partial charge is 0.469 e. The third-order valence-corrected chi connectivity index (χ3v) is 6.71. The van der Waals surface area contributed by atoms with Gasteiger partial charge < -0.3 is 76.9 Å². The molecule has 0 unspecified atom stereocenters. The average Bonchev–Trinajstić information content (AvgIpc) is 3.20. The van der Waals surface area contributed by atoms with Crippen molar-refractivity contribution in [1.29, 1.82) is 0 Å². The number of nitrogen functional groups attached to an aromatic ring is 1. The number of ether oxygens (including phenoxy) is 2. The zero-order chi connectivity index (χ0) is 32.9. The molecule has 22 nitrogen and oxygen atoms in total.